The zero-order chi connectivity index (χ0) is 11.3. The van der Waals surface area contributed by atoms with E-state index < -0.39 is 13.0 Å². The lowest BCUT2D eigenvalue weighted by Gasteiger charge is -2.08. The predicted octanol–water partition coefficient (Wildman–Crippen LogP) is 2.91. The van der Waals surface area contributed by atoms with Gasteiger partial charge in [-0.2, -0.15) is 0 Å². The maximum absolute atomic E-state index is 11.6. The van der Waals surface area contributed by atoms with E-state index >= 15 is 0 Å². The average Bonchev–Trinajstić information content (AvgIpc) is 2.14. The molecule has 0 aliphatic carbocycles. The standard InChI is InChI=1S/C10H11F3O2/c1-8-2-4-9(5-3-8)14-6-7-15-10(11,12)13/h2-5H,6-7H2,1H3. The molecule has 1 aromatic carbocycles. The highest BCUT2D eigenvalue weighted by Crippen LogP contribution is 2.16. The van der Waals surface area contributed by atoms with E-state index in [0.29, 0.717) is 5.75 Å². The molecule has 2 nitrogen and oxygen atoms in total. The van der Waals surface area contributed by atoms with Gasteiger partial charge in [0.25, 0.3) is 0 Å². The zero-order valence-corrected chi connectivity index (χ0v) is 8.17. The Morgan fingerprint density at radius 1 is 1.07 bits per heavy atom. The summed E-state index contributed by atoms with van der Waals surface area (Å²) in [6.45, 7) is 1.29. The van der Waals surface area contributed by atoms with Crippen molar-refractivity contribution >= 4 is 0 Å². The molecule has 0 aliphatic heterocycles. The Hall–Kier alpha value is -1.23. The van der Waals surface area contributed by atoms with Crippen molar-refractivity contribution < 1.29 is 22.6 Å². The number of aryl methyl sites for hydroxylation is 1. The van der Waals surface area contributed by atoms with Crippen LogP contribution in [0.25, 0.3) is 0 Å². The monoisotopic (exact) mass is 220 g/mol. The summed E-state index contributed by atoms with van der Waals surface area (Å²) in [5.74, 6) is 0.534. The molecular formula is C10H11F3O2. The molecule has 0 radical (unpaired) electrons. The van der Waals surface area contributed by atoms with Crippen molar-refractivity contribution in [1.29, 1.82) is 0 Å². The van der Waals surface area contributed by atoms with Gasteiger partial charge in [0, 0.05) is 0 Å². The fourth-order valence-electron chi connectivity index (χ4n) is 0.951. The Labute approximate surface area is 85.6 Å². The number of ether oxygens (including phenoxy) is 2. The van der Waals surface area contributed by atoms with Crippen LogP contribution in [-0.4, -0.2) is 19.6 Å². The van der Waals surface area contributed by atoms with Gasteiger partial charge in [0.05, 0.1) is 6.61 Å². The highest BCUT2D eigenvalue weighted by molar-refractivity contribution is 5.26. The first kappa shape index (κ1) is 11.8. The van der Waals surface area contributed by atoms with Gasteiger partial charge in [0.1, 0.15) is 12.4 Å². The van der Waals surface area contributed by atoms with E-state index in [-0.39, 0.29) is 6.61 Å². The van der Waals surface area contributed by atoms with E-state index in [1.165, 1.54) is 0 Å². The minimum atomic E-state index is -4.59. The molecule has 0 fully saturated rings. The Bertz CT molecular complexity index is 293. The van der Waals surface area contributed by atoms with Crippen LogP contribution in [0.5, 0.6) is 5.75 Å². The molecule has 0 saturated heterocycles. The van der Waals surface area contributed by atoms with Crippen LogP contribution in [0.15, 0.2) is 24.3 Å². The number of halogens is 3. The van der Waals surface area contributed by atoms with Gasteiger partial charge in [0.2, 0.25) is 0 Å². The largest absolute Gasteiger partial charge is 0.522 e. The van der Waals surface area contributed by atoms with E-state index in [4.69, 9.17) is 4.74 Å². The first-order chi connectivity index (χ1) is 6.97. The van der Waals surface area contributed by atoms with E-state index in [0.717, 1.165) is 5.56 Å². The maximum atomic E-state index is 11.6. The number of hydrogen-bond donors (Lipinski definition) is 0. The summed E-state index contributed by atoms with van der Waals surface area (Å²) >= 11 is 0. The molecule has 0 atom stereocenters. The molecule has 15 heavy (non-hydrogen) atoms. The molecule has 0 bridgehead atoms. The summed E-state index contributed by atoms with van der Waals surface area (Å²) in [6.07, 6.45) is -4.59. The van der Waals surface area contributed by atoms with Crippen molar-refractivity contribution in [2.75, 3.05) is 13.2 Å². The second kappa shape index (κ2) is 5.02. The van der Waals surface area contributed by atoms with Gasteiger partial charge in [-0.05, 0) is 19.1 Å². The summed E-state index contributed by atoms with van der Waals surface area (Å²) in [5, 5.41) is 0. The lowest BCUT2D eigenvalue weighted by molar-refractivity contribution is -0.325. The van der Waals surface area contributed by atoms with Crippen molar-refractivity contribution in [3.63, 3.8) is 0 Å². The van der Waals surface area contributed by atoms with Crippen LogP contribution >= 0.6 is 0 Å². The normalized spacial score (nSPS) is 11.5. The number of benzene rings is 1. The smallest absolute Gasteiger partial charge is 0.491 e. The molecule has 0 unspecified atom stereocenters. The lowest BCUT2D eigenvalue weighted by Crippen LogP contribution is -2.18. The molecular weight excluding hydrogens is 209 g/mol. The van der Waals surface area contributed by atoms with Crippen LogP contribution in [-0.2, 0) is 4.74 Å². The first-order valence-electron chi connectivity index (χ1n) is 4.37. The van der Waals surface area contributed by atoms with Crippen molar-refractivity contribution in [1.82, 2.24) is 0 Å². The molecule has 84 valence electrons. The van der Waals surface area contributed by atoms with Crippen molar-refractivity contribution in [3.8, 4) is 5.75 Å². The van der Waals surface area contributed by atoms with Gasteiger partial charge in [-0.1, -0.05) is 17.7 Å². The van der Waals surface area contributed by atoms with Gasteiger partial charge < -0.3 is 4.74 Å². The summed E-state index contributed by atoms with van der Waals surface area (Å²) < 4.78 is 43.3. The van der Waals surface area contributed by atoms with Crippen LogP contribution < -0.4 is 4.74 Å². The Morgan fingerprint density at radius 3 is 2.20 bits per heavy atom. The second-order valence-electron chi connectivity index (χ2n) is 2.96. The molecule has 1 aromatic rings. The van der Waals surface area contributed by atoms with Crippen LogP contribution in [0.3, 0.4) is 0 Å². The van der Waals surface area contributed by atoms with Crippen molar-refractivity contribution in [2.45, 2.75) is 13.3 Å². The number of rotatable bonds is 4. The number of hydrogen-bond acceptors (Lipinski definition) is 2. The van der Waals surface area contributed by atoms with Gasteiger partial charge in [-0.3, -0.25) is 4.74 Å². The van der Waals surface area contributed by atoms with Gasteiger partial charge >= 0.3 is 6.36 Å². The molecule has 0 aliphatic rings. The molecule has 0 heterocycles. The highest BCUT2D eigenvalue weighted by atomic mass is 19.4. The van der Waals surface area contributed by atoms with Gasteiger partial charge in [0.15, 0.2) is 0 Å². The van der Waals surface area contributed by atoms with Gasteiger partial charge in [-0.25, -0.2) is 0 Å². The van der Waals surface area contributed by atoms with Crippen LogP contribution in [0.2, 0.25) is 0 Å². The van der Waals surface area contributed by atoms with Crippen molar-refractivity contribution in [3.05, 3.63) is 29.8 Å². The quantitative estimate of drug-likeness (QED) is 0.726. The fraction of sp³-hybridized carbons (Fsp3) is 0.400. The van der Waals surface area contributed by atoms with E-state index in [9.17, 15) is 13.2 Å². The average molecular weight is 220 g/mol. The second-order valence-corrected chi connectivity index (χ2v) is 2.96. The summed E-state index contributed by atoms with van der Waals surface area (Å²) in [4.78, 5) is 0. The van der Waals surface area contributed by atoms with Gasteiger partial charge in [-0.15, -0.1) is 13.2 Å². The van der Waals surface area contributed by atoms with Crippen LogP contribution in [0, 0.1) is 6.92 Å². The molecule has 0 saturated carbocycles. The first-order valence-corrected chi connectivity index (χ1v) is 4.37. The Balaban J connectivity index is 2.23. The number of alkyl halides is 3. The van der Waals surface area contributed by atoms with Crippen molar-refractivity contribution in [2.24, 2.45) is 0 Å². The SMILES string of the molecule is Cc1ccc(OCCOC(F)(F)F)cc1. The minimum Gasteiger partial charge on any atom is -0.491 e. The third-order valence-corrected chi connectivity index (χ3v) is 1.64. The zero-order valence-electron chi connectivity index (χ0n) is 8.17. The molecule has 0 N–H and O–H groups in total. The van der Waals surface area contributed by atoms with Crippen LogP contribution in [0.4, 0.5) is 13.2 Å². The minimum absolute atomic E-state index is 0.122. The molecule has 1 rings (SSSR count). The van der Waals surface area contributed by atoms with E-state index in [1.807, 2.05) is 19.1 Å². The summed E-state index contributed by atoms with van der Waals surface area (Å²) in [7, 11) is 0. The maximum Gasteiger partial charge on any atom is 0.522 e. The van der Waals surface area contributed by atoms with E-state index in [1.54, 1.807) is 12.1 Å². The van der Waals surface area contributed by atoms with E-state index in [2.05, 4.69) is 4.74 Å². The fourth-order valence-corrected chi connectivity index (χ4v) is 0.951. The summed E-state index contributed by atoms with van der Waals surface area (Å²) in [5.41, 5.74) is 1.06. The van der Waals surface area contributed by atoms with Crippen LogP contribution in [0.1, 0.15) is 5.56 Å². The molecule has 0 amide bonds. The highest BCUT2D eigenvalue weighted by Gasteiger charge is 2.28. The molecule has 5 heteroatoms. The summed E-state index contributed by atoms with van der Waals surface area (Å²) in [6, 6.07) is 7.03. The third kappa shape index (κ3) is 5.27. The molecule has 0 spiro atoms. The third-order valence-electron chi connectivity index (χ3n) is 1.64. The molecule has 0 aromatic heterocycles. The topological polar surface area (TPSA) is 18.5 Å². The lowest BCUT2D eigenvalue weighted by atomic mass is 10.2. The predicted molar refractivity (Wildman–Crippen MR) is 48.7 cm³/mol. The Morgan fingerprint density at radius 2 is 1.67 bits per heavy atom. The Kier molecular flexibility index (Phi) is 3.96.